The van der Waals surface area contributed by atoms with E-state index in [1.807, 2.05) is 31.2 Å². The van der Waals surface area contributed by atoms with Gasteiger partial charge in [-0.2, -0.15) is 0 Å². The molecule has 2 atom stereocenters. The molecule has 0 bridgehead atoms. The number of carbonyl (C=O) groups excluding carboxylic acids is 2. The normalized spacial score (nSPS) is 19.7. The Kier molecular flexibility index (Phi) is 6.44. The number of aliphatic carboxylic acids is 1. The van der Waals surface area contributed by atoms with Crippen molar-refractivity contribution in [2.45, 2.75) is 38.1 Å². The molecular weight excluding hydrogens is 408 g/mol. The summed E-state index contributed by atoms with van der Waals surface area (Å²) >= 11 is 0. The van der Waals surface area contributed by atoms with E-state index < -0.39 is 18.0 Å². The maximum absolute atomic E-state index is 12.5. The lowest BCUT2D eigenvalue weighted by molar-refractivity contribution is -0.147. The number of carboxylic acids is 1. The highest BCUT2D eigenvalue weighted by atomic mass is 16.5. The number of carbonyl (C=O) groups is 3. The molecule has 0 spiro atoms. The van der Waals surface area contributed by atoms with Gasteiger partial charge in [-0.25, -0.2) is 4.79 Å². The van der Waals surface area contributed by atoms with Gasteiger partial charge in [-0.15, -0.1) is 0 Å². The van der Waals surface area contributed by atoms with Gasteiger partial charge in [0.2, 0.25) is 5.91 Å². The molecule has 2 aromatic carbocycles. The summed E-state index contributed by atoms with van der Waals surface area (Å²) in [6, 6.07) is 16.2. The monoisotopic (exact) mass is 436 g/mol. The number of nitrogens with one attached hydrogen (secondary N) is 1. The molecule has 168 valence electrons. The zero-order chi connectivity index (χ0) is 22.7. The second-order valence-electron chi connectivity index (χ2n) is 8.50. The van der Waals surface area contributed by atoms with Gasteiger partial charge >= 0.3 is 12.1 Å². The number of benzene rings is 2. The minimum atomic E-state index is -0.805. The summed E-state index contributed by atoms with van der Waals surface area (Å²) in [5.41, 5.74) is 4.64. The van der Waals surface area contributed by atoms with Crippen molar-refractivity contribution in [1.82, 2.24) is 10.2 Å². The van der Waals surface area contributed by atoms with E-state index >= 15 is 0 Å². The van der Waals surface area contributed by atoms with Crippen LogP contribution in [0.15, 0.2) is 48.5 Å². The standard InChI is InChI=1S/C25H28N2O5/c1-16-14-17(24(29)30)11-13-27(16)23(28)10-12-26-25(31)32-15-22-20-8-4-2-6-18(20)19-7-3-5-9-21(19)22/h2-9,16-17,22H,10-15H2,1H3,(H,26,31)(H,29,30). The number of carboxylic acid groups (broad SMARTS) is 1. The Hall–Kier alpha value is -3.35. The van der Waals surface area contributed by atoms with E-state index in [1.165, 1.54) is 11.1 Å². The third-order valence-electron chi connectivity index (χ3n) is 6.50. The summed E-state index contributed by atoms with van der Waals surface area (Å²) in [6.45, 7) is 2.71. The second-order valence-corrected chi connectivity index (χ2v) is 8.50. The Morgan fingerprint density at radius 3 is 2.28 bits per heavy atom. The molecule has 32 heavy (non-hydrogen) atoms. The molecule has 1 heterocycles. The van der Waals surface area contributed by atoms with E-state index in [4.69, 9.17) is 9.84 Å². The largest absolute Gasteiger partial charge is 0.481 e. The number of alkyl carbamates (subject to hydrolysis) is 1. The molecule has 7 heteroatoms. The van der Waals surface area contributed by atoms with E-state index in [2.05, 4.69) is 29.6 Å². The Balaban J connectivity index is 1.25. The second kappa shape index (κ2) is 9.42. The van der Waals surface area contributed by atoms with Crippen LogP contribution in [-0.4, -0.2) is 53.7 Å². The molecule has 2 unspecified atom stereocenters. The summed E-state index contributed by atoms with van der Waals surface area (Å²) in [7, 11) is 0. The van der Waals surface area contributed by atoms with E-state index in [0.717, 1.165) is 11.1 Å². The maximum Gasteiger partial charge on any atom is 0.407 e. The lowest BCUT2D eigenvalue weighted by Gasteiger charge is -2.36. The highest BCUT2D eigenvalue weighted by Crippen LogP contribution is 2.44. The van der Waals surface area contributed by atoms with Gasteiger partial charge in [-0.05, 0) is 42.0 Å². The Labute approximate surface area is 187 Å². The van der Waals surface area contributed by atoms with Gasteiger partial charge in [0, 0.05) is 31.5 Å². The number of likely N-dealkylation sites (tertiary alicyclic amines) is 1. The molecule has 2 aromatic rings. The number of ether oxygens (including phenoxy) is 1. The van der Waals surface area contributed by atoms with E-state index in [9.17, 15) is 14.4 Å². The number of nitrogens with zero attached hydrogens (tertiary/aromatic N) is 1. The van der Waals surface area contributed by atoms with Crippen LogP contribution in [0.2, 0.25) is 0 Å². The molecule has 0 radical (unpaired) electrons. The van der Waals surface area contributed by atoms with Gasteiger partial charge in [0.15, 0.2) is 0 Å². The lowest BCUT2D eigenvalue weighted by atomic mass is 9.91. The van der Waals surface area contributed by atoms with Crippen LogP contribution in [0.25, 0.3) is 11.1 Å². The Morgan fingerprint density at radius 2 is 1.69 bits per heavy atom. The van der Waals surface area contributed by atoms with E-state index in [1.54, 1.807) is 4.90 Å². The van der Waals surface area contributed by atoms with Gasteiger partial charge in [-0.3, -0.25) is 9.59 Å². The first-order valence-electron chi connectivity index (χ1n) is 11.1. The van der Waals surface area contributed by atoms with Crippen LogP contribution in [0.5, 0.6) is 0 Å². The van der Waals surface area contributed by atoms with Crippen molar-refractivity contribution in [2.75, 3.05) is 19.7 Å². The highest BCUT2D eigenvalue weighted by Gasteiger charge is 2.32. The summed E-state index contributed by atoms with van der Waals surface area (Å²) < 4.78 is 5.49. The van der Waals surface area contributed by atoms with Crippen molar-refractivity contribution >= 4 is 18.0 Å². The van der Waals surface area contributed by atoms with Crippen LogP contribution in [-0.2, 0) is 14.3 Å². The molecule has 1 aliphatic heterocycles. The summed E-state index contributed by atoms with van der Waals surface area (Å²) in [6.07, 6.45) is 0.538. The minimum absolute atomic E-state index is 0.00818. The smallest absolute Gasteiger partial charge is 0.407 e. The average Bonchev–Trinajstić information content (AvgIpc) is 3.11. The molecule has 1 aliphatic carbocycles. The zero-order valence-electron chi connectivity index (χ0n) is 18.1. The topological polar surface area (TPSA) is 95.9 Å². The molecule has 0 saturated carbocycles. The Morgan fingerprint density at radius 1 is 1.06 bits per heavy atom. The zero-order valence-corrected chi connectivity index (χ0v) is 18.1. The predicted molar refractivity (Wildman–Crippen MR) is 119 cm³/mol. The SMILES string of the molecule is CC1CC(C(=O)O)CCN1C(=O)CCNC(=O)OCC1c2ccccc2-c2ccccc21. The van der Waals surface area contributed by atoms with Crippen molar-refractivity contribution < 1.29 is 24.2 Å². The third-order valence-corrected chi connectivity index (χ3v) is 6.50. The number of rotatable bonds is 6. The van der Waals surface area contributed by atoms with Gasteiger partial charge in [0.05, 0.1) is 5.92 Å². The van der Waals surface area contributed by atoms with Crippen LogP contribution in [0, 0.1) is 5.92 Å². The van der Waals surface area contributed by atoms with Gasteiger partial charge in [-0.1, -0.05) is 48.5 Å². The summed E-state index contributed by atoms with van der Waals surface area (Å²) in [5.74, 6) is -1.29. The van der Waals surface area contributed by atoms with Crippen molar-refractivity contribution in [3.63, 3.8) is 0 Å². The molecule has 4 rings (SSSR count). The fourth-order valence-electron chi connectivity index (χ4n) is 4.83. The fraction of sp³-hybridized carbons (Fsp3) is 0.400. The van der Waals surface area contributed by atoms with Gasteiger partial charge < -0.3 is 20.1 Å². The molecular formula is C25H28N2O5. The molecule has 0 aromatic heterocycles. The number of fused-ring (bicyclic) bond motifs is 3. The highest BCUT2D eigenvalue weighted by molar-refractivity contribution is 5.80. The quantitative estimate of drug-likeness (QED) is 0.721. The van der Waals surface area contributed by atoms with Crippen LogP contribution in [0.3, 0.4) is 0 Å². The van der Waals surface area contributed by atoms with Crippen LogP contribution >= 0.6 is 0 Å². The van der Waals surface area contributed by atoms with Crippen LogP contribution in [0.1, 0.15) is 43.2 Å². The molecule has 2 aliphatic rings. The van der Waals surface area contributed by atoms with Crippen LogP contribution in [0.4, 0.5) is 4.79 Å². The molecule has 2 amide bonds. The maximum atomic E-state index is 12.5. The van der Waals surface area contributed by atoms with Gasteiger partial charge in [0.1, 0.15) is 6.61 Å². The Bertz CT molecular complexity index is 975. The van der Waals surface area contributed by atoms with E-state index in [-0.39, 0.29) is 37.4 Å². The number of hydrogen-bond donors (Lipinski definition) is 2. The fourth-order valence-corrected chi connectivity index (χ4v) is 4.83. The van der Waals surface area contributed by atoms with Crippen LogP contribution < -0.4 is 5.32 Å². The first-order valence-corrected chi connectivity index (χ1v) is 11.1. The van der Waals surface area contributed by atoms with E-state index in [0.29, 0.717) is 19.4 Å². The van der Waals surface area contributed by atoms with Gasteiger partial charge in [0.25, 0.3) is 0 Å². The van der Waals surface area contributed by atoms with Crippen molar-refractivity contribution in [3.8, 4) is 11.1 Å². The number of amides is 2. The average molecular weight is 437 g/mol. The van der Waals surface area contributed by atoms with Crippen molar-refractivity contribution in [2.24, 2.45) is 5.92 Å². The predicted octanol–water partition coefficient (Wildman–Crippen LogP) is 3.63. The summed E-state index contributed by atoms with van der Waals surface area (Å²) in [5, 5.41) is 11.8. The number of hydrogen-bond acceptors (Lipinski definition) is 4. The third kappa shape index (κ3) is 4.47. The summed E-state index contributed by atoms with van der Waals surface area (Å²) in [4.78, 5) is 37.6. The first kappa shape index (κ1) is 21.9. The molecule has 2 N–H and O–H groups in total. The van der Waals surface area contributed by atoms with Crippen molar-refractivity contribution in [1.29, 1.82) is 0 Å². The molecule has 1 saturated heterocycles. The molecule has 7 nitrogen and oxygen atoms in total. The van der Waals surface area contributed by atoms with Crippen molar-refractivity contribution in [3.05, 3.63) is 59.7 Å². The first-order chi connectivity index (χ1) is 15.5. The minimum Gasteiger partial charge on any atom is -0.481 e. The molecule has 1 fully saturated rings. The lowest BCUT2D eigenvalue weighted by Crippen LogP contribution is -2.46. The number of piperidine rings is 1.